The molecule has 1 aliphatic rings. The molecule has 2 atom stereocenters. The molecule has 1 aromatic carbocycles. The summed E-state index contributed by atoms with van der Waals surface area (Å²) in [5, 5.41) is 8.94. The second-order valence-electron chi connectivity index (χ2n) is 7.82. The van der Waals surface area contributed by atoms with Crippen molar-refractivity contribution >= 4 is 11.8 Å². The highest BCUT2D eigenvalue weighted by Crippen LogP contribution is 2.21. The van der Waals surface area contributed by atoms with Crippen LogP contribution in [0.4, 0.5) is 0 Å². The molecule has 0 radical (unpaired) electrons. The Balaban J connectivity index is 1.62. The van der Waals surface area contributed by atoms with E-state index in [4.69, 9.17) is 0 Å². The van der Waals surface area contributed by atoms with Gasteiger partial charge in [-0.15, -0.1) is 0 Å². The van der Waals surface area contributed by atoms with Crippen molar-refractivity contribution < 1.29 is 9.59 Å². The topological polar surface area (TPSA) is 100 Å². The van der Waals surface area contributed by atoms with Crippen LogP contribution in [0.3, 0.4) is 0 Å². The quantitative estimate of drug-likeness (QED) is 0.813. The number of rotatable bonds is 5. The lowest BCUT2D eigenvalue weighted by atomic mass is 9.96. The van der Waals surface area contributed by atoms with E-state index in [1.807, 2.05) is 32.0 Å². The standard InChI is InChI=1S/C20H27N5O3/c1-12(2)17-6-5-15(7-13(17)3)19(27)22-16-8-14(4)25(9-16)18(26)10-24-11-21-23-20(24)28/h5-7,11-12,14,16H,8-10H2,1-4H3,(H,22,27)(H,23,28). The van der Waals surface area contributed by atoms with Crippen LogP contribution in [0.15, 0.2) is 29.3 Å². The average Bonchev–Trinajstić information content (AvgIpc) is 3.19. The summed E-state index contributed by atoms with van der Waals surface area (Å²) in [7, 11) is 0. The SMILES string of the molecule is Cc1cc(C(=O)NC2CC(C)N(C(=O)Cn3cn[nH]c3=O)C2)ccc1C(C)C. The van der Waals surface area contributed by atoms with E-state index in [0.717, 1.165) is 5.56 Å². The zero-order valence-electron chi connectivity index (χ0n) is 16.7. The number of hydrogen-bond donors (Lipinski definition) is 2. The van der Waals surface area contributed by atoms with Crippen molar-refractivity contribution in [2.45, 2.75) is 58.7 Å². The molecule has 1 aromatic heterocycles. The van der Waals surface area contributed by atoms with Gasteiger partial charge in [0.25, 0.3) is 5.91 Å². The van der Waals surface area contributed by atoms with Crippen LogP contribution in [-0.4, -0.2) is 50.1 Å². The number of likely N-dealkylation sites (tertiary alicyclic amines) is 1. The summed E-state index contributed by atoms with van der Waals surface area (Å²) in [5.41, 5.74) is 2.55. The normalized spacial score (nSPS) is 19.2. The molecule has 0 aliphatic carbocycles. The van der Waals surface area contributed by atoms with Crippen molar-refractivity contribution in [3.8, 4) is 0 Å². The lowest BCUT2D eigenvalue weighted by molar-refractivity contribution is -0.132. The lowest BCUT2D eigenvalue weighted by Gasteiger charge is -2.21. The summed E-state index contributed by atoms with van der Waals surface area (Å²) in [6.45, 7) is 8.60. The van der Waals surface area contributed by atoms with Crippen molar-refractivity contribution in [3.05, 3.63) is 51.7 Å². The molecule has 0 bridgehead atoms. The number of nitrogens with one attached hydrogen (secondary N) is 2. The first kappa shape index (κ1) is 19.9. The zero-order valence-corrected chi connectivity index (χ0v) is 16.7. The Kier molecular flexibility index (Phi) is 5.67. The Bertz CT molecular complexity index is 930. The zero-order chi connectivity index (χ0) is 20.4. The van der Waals surface area contributed by atoms with Gasteiger partial charge >= 0.3 is 5.69 Å². The molecule has 1 fully saturated rings. The highest BCUT2D eigenvalue weighted by atomic mass is 16.2. The van der Waals surface area contributed by atoms with Crippen molar-refractivity contribution in [2.24, 2.45) is 0 Å². The molecule has 3 rings (SSSR count). The van der Waals surface area contributed by atoms with Crippen molar-refractivity contribution in [1.29, 1.82) is 0 Å². The number of carbonyl (C=O) groups excluding carboxylic acids is 2. The van der Waals surface area contributed by atoms with Gasteiger partial charge in [-0.1, -0.05) is 19.9 Å². The second kappa shape index (κ2) is 8.00. The summed E-state index contributed by atoms with van der Waals surface area (Å²) >= 11 is 0. The number of amides is 2. The van der Waals surface area contributed by atoms with Gasteiger partial charge in [0, 0.05) is 24.2 Å². The third-order valence-corrected chi connectivity index (χ3v) is 5.31. The van der Waals surface area contributed by atoms with Gasteiger partial charge in [0.1, 0.15) is 12.9 Å². The Morgan fingerprint density at radius 2 is 2.11 bits per heavy atom. The number of hydrogen-bond acceptors (Lipinski definition) is 4. The molecule has 1 aliphatic heterocycles. The molecule has 150 valence electrons. The molecule has 8 nitrogen and oxygen atoms in total. The van der Waals surface area contributed by atoms with Crippen LogP contribution in [0.5, 0.6) is 0 Å². The van der Waals surface area contributed by atoms with Crippen LogP contribution in [0.1, 0.15) is 54.6 Å². The molecular formula is C20H27N5O3. The molecule has 2 unspecified atom stereocenters. The Labute approximate surface area is 163 Å². The predicted octanol–water partition coefficient (Wildman–Crippen LogP) is 1.42. The highest BCUT2D eigenvalue weighted by molar-refractivity contribution is 5.94. The third-order valence-electron chi connectivity index (χ3n) is 5.31. The Hall–Kier alpha value is -2.90. The molecule has 2 aromatic rings. The van der Waals surface area contributed by atoms with Crippen LogP contribution < -0.4 is 11.0 Å². The number of aromatic nitrogens is 3. The van der Waals surface area contributed by atoms with Crippen molar-refractivity contribution in [1.82, 2.24) is 25.0 Å². The monoisotopic (exact) mass is 385 g/mol. The molecule has 0 spiro atoms. The summed E-state index contributed by atoms with van der Waals surface area (Å²) in [5.74, 6) is 0.121. The average molecular weight is 385 g/mol. The van der Waals surface area contributed by atoms with Crippen LogP contribution in [0.2, 0.25) is 0 Å². The molecule has 1 saturated heterocycles. The third kappa shape index (κ3) is 4.16. The van der Waals surface area contributed by atoms with Gasteiger partial charge in [0.15, 0.2) is 0 Å². The molecule has 2 N–H and O–H groups in total. The second-order valence-corrected chi connectivity index (χ2v) is 7.82. The van der Waals surface area contributed by atoms with Crippen molar-refractivity contribution in [3.63, 3.8) is 0 Å². The minimum Gasteiger partial charge on any atom is -0.347 e. The molecule has 2 heterocycles. The minimum atomic E-state index is -0.412. The summed E-state index contributed by atoms with van der Waals surface area (Å²) in [6.07, 6.45) is 1.99. The van der Waals surface area contributed by atoms with Gasteiger partial charge < -0.3 is 10.2 Å². The number of nitrogens with zero attached hydrogens (tertiary/aromatic N) is 3. The number of benzene rings is 1. The molecule has 0 saturated carbocycles. The molecule has 2 amide bonds. The van der Waals surface area contributed by atoms with Gasteiger partial charge in [0.05, 0.1) is 0 Å². The fourth-order valence-electron chi connectivity index (χ4n) is 3.84. The summed E-state index contributed by atoms with van der Waals surface area (Å²) in [6, 6.07) is 5.65. The first-order chi connectivity index (χ1) is 13.3. The van der Waals surface area contributed by atoms with Gasteiger partial charge in [-0.2, -0.15) is 5.10 Å². The number of H-pyrrole nitrogens is 1. The van der Waals surface area contributed by atoms with Gasteiger partial charge in [-0.05, 0) is 49.4 Å². The first-order valence-electron chi connectivity index (χ1n) is 9.57. The molecule has 8 heteroatoms. The summed E-state index contributed by atoms with van der Waals surface area (Å²) in [4.78, 5) is 38.4. The maximum atomic E-state index is 12.6. The minimum absolute atomic E-state index is 0.00884. The Morgan fingerprint density at radius 3 is 2.71 bits per heavy atom. The van der Waals surface area contributed by atoms with Gasteiger partial charge in [-0.3, -0.25) is 14.2 Å². The van der Waals surface area contributed by atoms with E-state index in [0.29, 0.717) is 24.4 Å². The maximum absolute atomic E-state index is 12.6. The van der Waals surface area contributed by atoms with Crippen LogP contribution in [-0.2, 0) is 11.3 Å². The number of aryl methyl sites for hydroxylation is 1. The molecule has 28 heavy (non-hydrogen) atoms. The fourth-order valence-corrected chi connectivity index (χ4v) is 3.84. The van der Waals surface area contributed by atoms with E-state index in [1.165, 1.54) is 16.5 Å². The maximum Gasteiger partial charge on any atom is 0.343 e. The van der Waals surface area contributed by atoms with E-state index < -0.39 is 5.69 Å². The number of carbonyl (C=O) groups is 2. The van der Waals surface area contributed by atoms with Crippen molar-refractivity contribution in [2.75, 3.05) is 6.54 Å². The van der Waals surface area contributed by atoms with E-state index in [-0.39, 0.29) is 30.4 Å². The van der Waals surface area contributed by atoms with Crippen LogP contribution in [0, 0.1) is 6.92 Å². The number of aromatic amines is 1. The fraction of sp³-hybridized carbons (Fsp3) is 0.500. The largest absolute Gasteiger partial charge is 0.347 e. The van der Waals surface area contributed by atoms with Crippen LogP contribution in [0.25, 0.3) is 0 Å². The highest BCUT2D eigenvalue weighted by Gasteiger charge is 2.33. The predicted molar refractivity (Wildman–Crippen MR) is 105 cm³/mol. The van der Waals surface area contributed by atoms with E-state index in [2.05, 4.69) is 29.4 Å². The van der Waals surface area contributed by atoms with E-state index in [9.17, 15) is 14.4 Å². The summed E-state index contributed by atoms with van der Waals surface area (Å²) < 4.78 is 1.24. The lowest BCUT2D eigenvalue weighted by Crippen LogP contribution is -2.41. The van der Waals surface area contributed by atoms with E-state index >= 15 is 0 Å². The first-order valence-corrected chi connectivity index (χ1v) is 9.57. The Morgan fingerprint density at radius 1 is 1.36 bits per heavy atom. The van der Waals surface area contributed by atoms with E-state index in [1.54, 1.807) is 4.90 Å². The van der Waals surface area contributed by atoms with Gasteiger partial charge in [-0.25, -0.2) is 9.89 Å². The smallest absolute Gasteiger partial charge is 0.343 e. The molecular weight excluding hydrogens is 358 g/mol. The van der Waals surface area contributed by atoms with Gasteiger partial charge in [0.2, 0.25) is 5.91 Å². The van der Waals surface area contributed by atoms with Crippen LogP contribution >= 0.6 is 0 Å².